The van der Waals surface area contributed by atoms with Gasteiger partial charge in [-0.2, -0.15) is 5.10 Å². The molecule has 3 heteroatoms. The second kappa shape index (κ2) is 3.80. The third-order valence-electron chi connectivity index (χ3n) is 3.03. The molecular weight excluding hydrogens is 186 g/mol. The van der Waals surface area contributed by atoms with Crippen LogP contribution in [-0.2, 0) is 12.8 Å². The normalized spacial score (nSPS) is 18.3. The first-order valence-corrected chi connectivity index (χ1v) is 5.70. The maximum absolute atomic E-state index is 4.29. The van der Waals surface area contributed by atoms with Crippen LogP contribution in [0.2, 0.25) is 0 Å². The Morgan fingerprint density at radius 2 is 2.20 bits per heavy atom. The number of nitrogens with one attached hydrogen (secondary N) is 1. The molecule has 0 aliphatic heterocycles. The molecule has 0 aromatic carbocycles. The molecule has 15 heavy (non-hydrogen) atoms. The molecule has 0 fully saturated rings. The van der Waals surface area contributed by atoms with Crippen molar-refractivity contribution >= 4 is 5.82 Å². The molecule has 1 aromatic rings. The Labute approximate surface area is 91.3 Å². The van der Waals surface area contributed by atoms with Crippen LogP contribution in [0.25, 0.3) is 0 Å². The fraction of sp³-hybridized carbons (Fsp3) is 0.667. The van der Waals surface area contributed by atoms with Gasteiger partial charge in [-0.15, -0.1) is 5.10 Å². The summed E-state index contributed by atoms with van der Waals surface area (Å²) in [6.45, 7) is 7.62. The Morgan fingerprint density at radius 1 is 1.40 bits per heavy atom. The van der Waals surface area contributed by atoms with E-state index in [4.69, 9.17) is 0 Å². The Kier molecular flexibility index (Phi) is 2.63. The van der Waals surface area contributed by atoms with Crippen molar-refractivity contribution < 1.29 is 0 Å². The van der Waals surface area contributed by atoms with Crippen molar-refractivity contribution in [2.75, 3.05) is 11.9 Å². The van der Waals surface area contributed by atoms with Crippen molar-refractivity contribution in [2.45, 2.75) is 40.0 Å². The van der Waals surface area contributed by atoms with Crippen LogP contribution in [0, 0.1) is 5.41 Å². The van der Waals surface area contributed by atoms with E-state index in [1.54, 1.807) is 0 Å². The maximum Gasteiger partial charge on any atom is 0.148 e. The van der Waals surface area contributed by atoms with Crippen molar-refractivity contribution in [3.8, 4) is 0 Å². The lowest BCUT2D eigenvalue weighted by Gasteiger charge is -2.30. The summed E-state index contributed by atoms with van der Waals surface area (Å²) in [6, 6.07) is 2.16. The van der Waals surface area contributed by atoms with Crippen LogP contribution in [0.15, 0.2) is 6.07 Å². The van der Waals surface area contributed by atoms with Gasteiger partial charge < -0.3 is 5.32 Å². The molecular formula is C12H19N3. The van der Waals surface area contributed by atoms with E-state index in [1.165, 1.54) is 17.7 Å². The van der Waals surface area contributed by atoms with Crippen molar-refractivity contribution in [1.82, 2.24) is 10.2 Å². The second-order valence-corrected chi connectivity index (χ2v) is 5.07. The highest BCUT2D eigenvalue weighted by Gasteiger charge is 2.26. The van der Waals surface area contributed by atoms with Gasteiger partial charge in [0.15, 0.2) is 0 Å². The summed E-state index contributed by atoms with van der Waals surface area (Å²) >= 11 is 0. The third-order valence-corrected chi connectivity index (χ3v) is 3.03. The number of hydrogen-bond acceptors (Lipinski definition) is 3. The lowest BCUT2D eigenvalue weighted by Crippen LogP contribution is -2.23. The maximum atomic E-state index is 4.29. The molecule has 0 amide bonds. The molecule has 0 radical (unpaired) electrons. The molecule has 82 valence electrons. The number of hydrogen-bond donors (Lipinski definition) is 1. The predicted octanol–water partition coefficient (Wildman–Crippen LogP) is 2.42. The van der Waals surface area contributed by atoms with E-state index in [2.05, 4.69) is 42.4 Å². The topological polar surface area (TPSA) is 37.8 Å². The summed E-state index contributed by atoms with van der Waals surface area (Å²) in [5.41, 5.74) is 2.98. The van der Waals surface area contributed by atoms with Gasteiger partial charge in [-0.25, -0.2) is 0 Å². The Morgan fingerprint density at radius 3 is 2.93 bits per heavy atom. The highest BCUT2D eigenvalue weighted by molar-refractivity contribution is 5.39. The highest BCUT2D eigenvalue weighted by atomic mass is 15.2. The van der Waals surface area contributed by atoms with Crippen LogP contribution >= 0.6 is 0 Å². The van der Waals surface area contributed by atoms with Crippen molar-refractivity contribution in [2.24, 2.45) is 5.41 Å². The molecule has 1 aliphatic rings. The molecule has 0 spiro atoms. The highest BCUT2D eigenvalue weighted by Crippen LogP contribution is 2.34. The van der Waals surface area contributed by atoms with Crippen LogP contribution < -0.4 is 5.32 Å². The van der Waals surface area contributed by atoms with Gasteiger partial charge in [-0.1, -0.05) is 13.8 Å². The number of fused-ring (bicyclic) bond motifs is 1. The van der Waals surface area contributed by atoms with Gasteiger partial charge in [-0.05, 0) is 43.2 Å². The van der Waals surface area contributed by atoms with E-state index in [0.29, 0.717) is 5.41 Å². The first-order valence-electron chi connectivity index (χ1n) is 5.70. The smallest absolute Gasteiger partial charge is 0.148 e. The molecule has 3 nitrogen and oxygen atoms in total. The first-order chi connectivity index (χ1) is 7.11. The number of nitrogens with zero attached hydrogens (tertiary/aromatic N) is 2. The van der Waals surface area contributed by atoms with Crippen LogP contribution in [0.5, 0.6) is 0 Å². The third kappa shape index (κ3) is 2.28. The molecule has 0 saturated carbocycles. The van der Waals surface area contributed by atoms with E-state index in [0.717, 1.165) is 25.2 Å². The molecule has 1 N–H and O–H groups in total. The quantitative estimate of drug-likeness (QED) is 0.805. The number of anilines is 1. The van der Waals surface area contributed by atoms with Crippen LogP contribution in [0.3, 0.4) is 0 Å². The van der Waals surface area contributed by atoms with Crippen LogP contribution in [0.4, 0.5) is 5.82 Å². The average molecular weight is 205 g/mol. The van der Waals surface area contributed by atoms with Crippen molar-refractivity contribution in [1.29, 1.82) is 0 Å². The van der Waals surface area contributed by atoms with E-state index in [9.17, 15) is 0 Å². The standard InChI is InChI=1S/C12H19N3/c1-4-13-11-7-9-8-12(2,3)6-5-10(9)14-15-11/h7H,4-6,8H2,1-3H3,(H,13,15). The van der Waals surface area contributed by atoms with E-state index in [1.807, 2.05) is 0 Å². The van der Waals surface area contributed by atoms with Gasteiger partial charge in [0.2, 0.25) is 0 Å². The number of aryl methyl sites for hydroxylation is 1. The van der Waals surface area contributed by atoms with Crippen molar-refractivity contribution in [3.05, 3.63) is 17.3 Å². The van der Waals surface area contributed by atoms with Crippen LogP contribution in [-0.4, -0.2) is 16.7 Å². The summed E-state index contributed by atoms with van der Waals surface area (Å²) in [5.74, 6) is 0.911. The summed E-state index contributed by atoms with van der Waals surface area (Å²) < 4.78 is 0. The summed E-state index contributed by atoms with van der Waals surface area (Å²) in [4.78, 5) is 0. The fourth-order valence-corrected chi connectivity index (χ4v) is 2.15. The zero-order valence-electron chi connectivity index (χ0n) is 9.80. The molecule has 1 aromatic heterocycles. The minimum absolute atomic E-state index is 0.416. The van der Waals surface area contributed by atoms with E-state index < -0.39 is 0 Å². The summed E-state index contributed by atoms with van der Waals surface area (Å²) in [5, 5.41) is 11.7. The number of rotatable bonds is 2. The van der Waals surface area contributed by atoms with Gasteiger partial charge in [0, 0.05) is 6.54 Å². The molecule has 0 unspecified atom stereocenters. The van der Waals surface area contributed by atoms with Gasteiger partial charge >= 0.3 is 0 Å². The molecule has 1 aliphatic carbocycles. The molecule has 2 rings (SSSR count). The average Bonchev–Trinajstić information content (AvgIpc) is 2.16. The van der Waals surface area contributed by atoms with Gasteiger partial charge in [0.25, 0.3) is 0 Å². The first kappa shape index (κ1) is 10.4. The fourth-order valence-electron chi connectivity index (χ4n) is 2.15. The monoisotopic (exact) mass is 205 g/mol. The molecule has 0 saturated heterocycles. The zero-order chi connectivity index (χ0) is 10.9. The Bertz CT molecular complexity index is 358. The number of aromatic nitrogens is 2. The Hall–Kier alpha value is -1.12. The lowest BCUT2D eigenvalue weighted by molar-refractivity contribution is 0.311. The molecule has 0 atom stereocenters. The summed E-state index contributed by atoms with van der Waals surface area (Å²) in [6.07, 6.45) is 3.41. The minimum atomic E-state index is 0.416. The zero-order valence-corrected chi connectivity index (χ0v) is 9.80. The largest absolute Gasteiger partial charge is 0.369 e. The van der Waals surface area contributed by atoms with Gasteiger partial charge in [0.05, 0.1) is 5.69 Å². The van der Waals surface area contributed by atoms with E-state index >= 15 is 0 Å². The van der Waals surface area contributed by atoms with E-state index in [-0.39, 0.29) is 0 Å². The second-order valence-electron chi connectivity index (χ2n) is 5.07. The van der Waals surface area contributed by atoms with Gasteiger partial charge in [-0.3, -0.25) is 0 Å². The predicted molar refractivity (Wildman–Crippen MR) is 62.0 cm³/mol. The van der Waals surface area contributed by atoms with Crippen molar-refractivity contribution in [3.63, 3.8) is 0 Å². The minimum Gasteiger partial charge on any atom is -0.369 e. The lowest BCUT2D eigenvalue weighted by atomic mass is 9.76. The Balaban J connectivity index is 2.27. The van der Waals surface area contributed by atoms with Gasteiger partial charge in [0.1, 0.15) is 5.82 Å². The van der Waals surface area contributed by atoms with Crippen LogP contribution in [0.1, 0.15) is 38.4 Å². The molecule has 1 heterocycles. The SMILES string of the molecule is CCNc1cc2c(nn1)CCC(C)(C)C2. The molecule has 0 bridgehead atoms. The summed E-state index contributed by atoms with van der Waals surface area (Å²) in [7, 11) is 0.